The van der Waals surface area contributed by atoms with Gasteiger partial charge in [-0.15, -0.1) is 0 Å². The summed E-state index contributed by atoms with van der Waals surface area (Å²) in [5.41, 5.74) is 3.11. The molecule has 1 aliphatic carbocycles. The zero-order valence-corrected chi connectivity index (χ0v) is 11.1. The lowest BCUT2D eigenvalue weighted by molar-refractivity contribution is 0.510. The summed E-state index contributed by atoms with van der Waals surface area (Å²) in [5.74, 6) is 1.37. The molecule has 92 valence electrons. The van der Waals surface area contributed by atoms with E-state index < -0.39 is 0 Å². The topological polar surface area (TPSA) is 12.0 Å². The fourth-order valence-electron chi connectivity index (χ4n) is 2.97. The van der Waals surface area contributed by atoms with Crippen molar-refractivity contribution in [3.8, 4) is 0 Å². The van der Waals surface area contributed by atoms with Crippen molar-refractivity contribution in [3.05, 3.63) is 35.4 Å². The van der Waals surface area contributed by atoms with Gasteiger partial charge in [-0.05, 0) is 42.6 Å². The Balaban J connectivity index is 1.48. The Morgan fingerprint density at radius 1 is 1.12 bits per heavy atom. The molecule has 1 N–H and O–H groups in total. The Morgan fingerprint density at radius 3 is 2.53 bits per heavy atom. The van der Waals surface area contributed by atoms with Gasteiger partial charge in [0.15, 0.2) is 0 Å². The van der Waals surface area contributed by atoms with Crippen LogP contribution in [0.4, 0.5) is 0 Å². The van der Waals surface area contributed by atoms with Crippen molar-refractivity contribution >= 4 is 11.8 Å². The Labute approximate surface area is 108 Å². The van der Waals surface area contributed by atoms with Crippen LogP contribution in [0.2, 0.25) is 0 Å². The van der Waals surface area contributed by atoms with Gasteiger partial charge in [-0.2, -0.15) is 11.8 Å². The number of hydrogen-bond acceptors (Lipinski definition) is 2. The summed E-state index contributed by atoms with van der Waals surface area (Å²) in [4.78, 5) is 0. The summed E-state index contributed by atoms with van der Waals surface area (Å²) in [6, 6.07) is 9.59. The molecule has 1 atom stereocenters. The maximum Gasteiger partial charge on any atom is 0.0172 e. The average molecular weight is 247 g/mol. The molecule has 0 amide bonds. The van der Waals surface area contributed by atoms with Gasteiger partial charge < -0.3 is 5.32 Å². The zero-order chi connectivity index (χ0) is 11.5. The number of rotatable bonds is 3. The molecular formula is C15H21NS. The van der Waals surface area contributed by atoms with E-state index in [0.717, 1.165) is 5.25 Å². The highest BCUT2D eigenvalue weighted by atomic mass is 32.2. The van der Waals surface area contributed by atoms with Gasteiger partial charge in [-0.3, -0.25) is 0 Å². The van der Waals surface area contributed by atoms with Gasteiger partial charge >= 0.3 is 0 Å². The second-order valence-electron chi connectivity index (χ2n) is 5.27. The van der Waals surface area contributed by atoms with Crippen LogP contribution in [-0.4, -0.2) is 23.6 Å². The summed E-state index contributed by atoms with van der Waals surface area (Å²) in [6.07, 6.45) is 6.73. The minimum Gasteiger partial charge on any atom is -0.312 e. The molecule has 0 aromatic heterocycles. The maximum absolute atomic E-state index is 3.78. The highest BCUT2D eigenvalue weighted by Crippen LogP contribution is 2.26. The van der Waals surface area contributed by atoms with Crippen LogP contribution < -0.4 is 5.32 Å². The molecule has 17 heavy (non-hydrogen) atoms. The van der Waals surface area contributed by atoms with Gasteiger partial charge in [0, 0.05) is 17.8 Å². The number of thioether (sulfide) groups is 1. The molecule has 1 heterocycles. The van der Waals surface area contributed by atoms with Gasteiger partial charge in [0.2, 0.25) is 0 Å². The van der Waals surface area contributed by atoms with Crippen LogP contribution in [0.3, 0.4) is 0 Å². The molecule has 3 rings (SSSR count). The van der Waals surface area contributed by atoms with E-state index in [9.17, 15) is 0 Å². The van der Waals surface area contributed by atoms with Gasteiger partial charge in [0.1, 0.15) is 0 Å². The molecule has 2 aliphatic rings. The molecule has 1 saturated heterocycles. The van der Waals surface area contributed by atoms with Crippen molar-refractivity contribution in [2.24, 2.45) is 0 Å². The Hall–Kier alpha value is -0.470. The van der Waals surface area contributed by atoms with Crippen LogP contribution in [0.1, 0.15) is 30.4 Å². The Bertz CT molecular complexity index is 346. The highest BCUT2D eigenvalue weighted by molar-refractivity contribution is 7.99. The van der Waals surface area contributed by atoms with Crippen molar-refractivity contribution in [3.63, 3.8) is 0 Å². The fraction of sp³-hybridized carbons (Fsp3) is 0.600. The van der Waals surface area contributed by atoms with E-state index in [1.54, 1.807) is 11.1 Å². The largest absolute Gasteiger partial charge is 0.312 e. The standard InChI is InChI=1S/C15H21NS/c1-2-6-13-10-14(9-12(13)5-1)16-11-15-7-3-4-8-17-15/h1-2,5-6,14-16H,3-4,7-11H2. The van der Waals surface area contributed by atoms with Crippen LogP contribution in [0.5, 0.6) is 0 Å². The van der Waals surface area contributed by atoms with Crippen molar-refractivity contribution < 1.29 is 0 Å². The normalized spacial score (nSPS) is 24.8. The quantitative estimate of drug-likeness (QED) is 0.881. The summed E-state index contributed by atoms with van der Waals surface area (Å²) in [5, 5.41) is 4.65. The Morgan fingerprint density at radius 2 is 1.88 bits per heavy atom. The predicted octanol–water partition coefficient (Wildman–Crippen LogP) is 3.03. The smallest absolute Gasteiger partial charge is 0.0172 e. The molecule has 2 heteroatoms. The minimum atomic E-state index is 0.690. The molecule has 0 radical (unpaired) electrons. The summed E-state index contributed by atoms with van der Waals surface area (Å²) in [7, 11) is 0. The molecule has 1 nitrogen and oxygen atoms in total. The second kappa shape index (κ2) is 5.45. The molecule has 1 unspecified atom stereocenters. The van der Waals surface area contributed by atoms with Crippen molar-refractivity contribution in [1.29, 1.82) is 0 Å². The molecule has 0 bridgehead atoms. The second-order valence-corrected chi connectivity index (χ2v) is 6.68. The first-order valence-corrected chi connectivity index (χ1v) is 7.88. The lowest BCUT2D eigenvalue weighted by atomic mass is 10.1. The lowest BCUT2D eigenvalue weighted by Crippen LogP contribution is -2.35. The minimum absolute atomic E-state index is 0.690. The third-order valence-electron chi connectivity index (χ3n) is 3.96. The fourth-order valence-corrected chi connectivity index (χ4v) is 4.22. The molecular weight excluding hydrogens is 226 g/mol. The van der Waals surface area contributed by atoms with Crippen molar-refractivity contribution in [1.82, 2.24) is 5.32 Å². The Kier molecular flexibility index (Phi) is 3.72. The van der Waals surface area contributed by atoms with E-state index in [1.807, 2.05) is 0 Å². The highest BCUT2D eigenvalue weighted by Gasteiger charge is 2.22. The number of fused-ring (bicyclic) bond motifs is 1. The van der Waals surface area contributed by atoms with E-state index in [0.29, 0.717) is 6.04 Å². The molecule has 0 spiro atoms. The molecule has 1 aromatic carbocycles. The van der Waals surface area contributed by atoms with Crippen molar-refractivity contribution in [2.75, 3.05) is 12.3 Å². The van der Waals surface area contributed by atoms with E-state index in [2.05, 4.69) is 41.3 Å². The third-order valence-corrected chi connectivity index (χ3v) is 5.36. The van der Waals surface area contributed by atoms with Crippen LogP contribution in [0.15, 0.2) is 24.3 Å². The molecule has 1 fully saturated rings. The van der Waals surface area contributed by atoms with Crippen LogP contribution in [0, 0.1) is 0 Å². The van der Waals surface area contributed by atoms with Gasteiger partial charge in [-0.1, -0.05) is 30.7 Å². The van der Waals surface area contributed by atoms with Gasteiger partial charge in [-0.25, -0.2) is 0 Å². The number of benzene rings is 1. The van der Waals surface area contributed by atoms with Gasteiger partial charge in [0.05, 0.1) is 0 Å². The van der Waals surface area contributed by atoms with Gasteiger partial charge in [0.25, 0.3) is 0 Å². The average Bonchev–Trinajstić information content (AvgIpc) is 2.80. The molecule has 1 aliphatic heterocycles. The number of hydrogen-bond donors (Lipinski definition) is 1. The van der Waals surface area contributed by atoms with Crippen LogP contribution >= 0.6 is 11.8 Å². The SMILES string of the molecule is c1ccc2c(c1)CC(NCC1CCCCS1)C2. The van der Waals surface area contributed by atoms with E-state index in [-0.39, 0.29) is 0 Å². The van der Waals surface area contributed by atoms with E-state index in [4.69, 9.17) is 0 Å². The predicted molar refractivity (Wildman–Crippen MR) is 75.7 cm³/mol. The molecule has 0 saturated carbocycles. The summed E-state index contributed by atoms with van der Waals surface area (Å²) >= 11 is 2.17. The zero-order valence-electron chi connectivity index (χ0n) is 10.3. The van der Waals surface area contributed by atoms with E-state index in [1.165, 1.54) is 44.4 Å². The molecule has 1 aromatic rings. The summed E-state index contributed by atoms with van der Waals surface area (Å²) < 4.78 is 0. The first-order chi connectivity index (χ1) is 8.42. The van der Waals surface area contributed by atoms with Crippen molar-refractivity contribution in [2.45, 2.75) is 43.4 Å². The van der Waals surface area contributed by atoms with E-state index >= 15 is 0 Å². The first-order valence-electron chi connectivity index (χ1n) is 6.83. The third kappa shape index (κ3) is 2.86. The monoisotopic (exact) mass is 247 g/mol. The lowest BCUT2D eigenvalue weighted by Gasteiger charge is -2.23. The summed E-state index contributed by atoms with van der Waals surface area (Å²) in [6.45, 7) is 1.21. The van der Waals surface area contributed by atoms with Crippen LogP contribution in [0.25, 0.3) is 0 Å². The number of nitrogens with one attached hydrogen (secondary N) is 1. The first kappa shape index (κ1) is 11.6. The maximum atomic E-state index is 3.78. The van der Waals surface area contributed by atoms with Crippen LogP contribution in [-0.2, 0) is 12.8 Å².